The van der Waals surface area contributed by atoms with Gasteiger partial charge in [0, 0.05) is 32.7 Å². The van der Waals surface area contributed by atoms with Gasteiger partial charge in [-0.1, -0.05) is 44.2 Å². The average Bonchev–Trinajstić information content (AvgIpc) is 2.51. The lowest BCUT2D eigenvalue weighted by atomic mass is 10.1. The molecule has 0 aliphatic carbocycles. The van der Waals surface area contributed by atoms with E-state index in [0.717, 1.165) is 32.0 Å². The van der Waals surface area contributed by atoms with Crippen molar-refractivity contribution in [1.82, 2.24) is 15.5 Å². The van der Waals surface area contributed by atoms with E-state index >= 15 is 0 Å². The first kappa shape index (κ1) is 22.2. The van der Waals surface area contributed by atoms with Crippen LogP contribution in [0.3, 0.4) is 0 Å². The first-order valence-corrected chi connectivity index (χ1v) is 8.21. The molecular weight excluding hydrogens is 399 g/mol. The van der Waals surface area contributed by atoms with E-state index in [1.807, 2.05) is 7.05 Å². The summed E-state index contributed by atoms with van der Waals surface area (Å²) in [6, 6.07) is 11.1. The Morgan fingerprint density at radius 1 is 1.13 bits per heavy atom. The summed E-state index contributed by atoms with van der Waals surface area (Å²) in [5, 5.41) is 6.72. The molecule has 0 fully saturated rings. The summed E-state index contributed by atoms with van der Waals surface area (Å²) in [6.07, 6.45) is 1.09. The molecule has 0 aliphatic heterocycles. The summed E-state index contributed by atoms with van der Waals surface area (Å²) in [7, 11) is 4.00. The second kappa shape index (κ2) is 12.6. The van der Waals surface area contributed by atoms with Crippen LogP contribution in [-0.2, 0) is 6.54 Å². The third-order valence-corrected chi connectivity index (χ3v) is 3.78. The largest absolute Gasteiger partial charge is 0.356 e. The van der Waals surface area contributed by atoms with E-state index in [4.69, 9.17) is 0 Å². The molecule has 0 heterocycles. The predicted octanol–water partition coefficient (Wildman–Crippen LogP) is 3.34. The number of rotatable bonds is 8. The topological polar surface area (TPSA) is 39.7 Å². The SMILES string of the molecule is CN=C(NCCC(C)N(C)Cc1ccccc1)NCC(C)C.I. The van der Waals surface area contributed by atoms with Crippen molar-refractivity contribution in [2.24, 2.45) is 10.9 Å². The van der Waals surface area contributed by atoms with Gasteiger partial charge in [0.15, 0.2) is 5.96 Å². The van der Waals surface area contributed by atoms with Crippen LogP contribution in [0.15, 0.2) is 35.3 Å². The fourth-order valence-electron chi connectivity index (χ4n) is 2.17. The van der Waals surface area contributed by atoms with E-state index in [1.165, 1.54) is 5.56 Å². The van der Waals surface area contributed by atoms with Crippen LogP contribution in [0.1, 0.15) is 32.8 Å². The third-order valence-electron chi connectivity index (χ3n) is 3.78. The third kappa shape index (κ3) is 9.81. The molecule has 1 aromatic carbocycles. The van der Waals surface area contributed by atoms with Gasteiger partial charge >= 0.3 is 0 Å². The Kier molecular flexibility index (Phi) is 12.1. The van der Waals surface area contributed by atoms with Gasteiger partial charge < -0.3 is 10.6 Å². The number of hydrogen-bond donors (Lipinski definition) is 2. The Labute approximate surface area is 159 Å². The number of halogens is 1. The van der Waals surface area contributed by atoms with Gasteiger partial charge in [0.05, 0.1) is 0 Å². The minimum absolute atomic E-state index is 0. The molecule has 0 aliphatic rings. The zero-order valence-electron chi connectivity index (χ0n) is 15.2. The van der Waals surface area contributed by atoms with Crippen molar-refractivity contribution in [3.63, 3.8) is 0 Å². The molecule has 5 heteroatoms. The molecule has 1 atom stereocenters. The summed E-state index contributed by atoms with van der Waals surface area (Å²) in [6.45, 7) is 9.53. The van der Waals surface area contributed by atoms with E-state index in [-0.39, 0.29) is 24.0 Å². The first-order chi connectivity index (χ1) is 10.5. The van der Waals surface area contributed by atoms with Gasteiger partial charge in [-0.25, -0.2) is 0 Å². The van der Waals surface area contributed by atoms with E-state index in [1.54, 1.807) is 0 Å². The number of nitrogens with zero attached hydrogens (tertiary/aromatic N) is 2. The molecule has 0 saturated carbocycles. The van der Waals surface area contributed by atoms with E-state index in [9.17, 15) is 0 Å². The Bertz CT molecular complexity index is 434. The Balaban J connectivity index is 0.00000484. The number of hydrogen-bond acceptors (Lipinski definition) is 2. The quantitative estimate of drug-likeness (QED) is 0.376. The molecule has 1 unspecified atom stereocenters. The zero-order chi connectivity index (χ0) is 16.4. The first-order valence-electron chi connectivity index (χ1n) is 8.21. The lowest BCUT2D eigenvalue weighted by molar-refractivity contribution is 0.238. The Hall–Kier alpha value is -0.820. The van der Waals surface area contributed by atoms with Crippen LogP contribution in [0.4, 0.5) is 0 Å². The summed E-state index contributed by atoms with van der Waals surface area (Å²) >= 11 is 0. The monoisotopic (exact) mass is 432 g/mol. The normalized spacial score (nSPS) is 12.9. The number of nitrogens with one attached hydrogen (secondary N) is 2. The van der Waals surface area contributed by atoms with Gasteiger partial charge in [0.1, 0.15) is 0 Å². The molecule has 23 heavy (non-hydrogen) atoms. The Morgan fingerprint density at radius 3 is 2.35 bits per heavy atom. The van der Waals surface area contributed by atoms with Crippen LogP contribution >= 0.6 is 24.0 Å². The maximum Gasteiger partial charge on any atom is 0.190 e. The standard InChI is InChI=1S/C18H32N4.HI/c1-15(2)13-21-18(19-4)20-12-11-16(3)22(5)14-17-9-7-6-8-10-17;/h6-10,15-16H,11-14H2,1-5H3,(H2,19,20,21);1H. The molecule has 0 bridgehead atoms. The minimum Gasteiger partial charge on any atom is -0.356 e. The van der Waals surface area contributed by atoms with Gasteiger partial charge in [-0.15, -0.1) is 24.0 Å². The van der Waals surface area contributed by atoms with Gasteiger partial charge in [-0.3, -0.25) is 9.89 Å². The van der Waals surface area contributed by atoms with E-state index < -0.39 is 0 Å². The van der Waals surface area contributed by atoms with Crippen molar-refractivity contribution in [3.8, 4) is 0 Å². The van der Waals surface area contributed by atoms with Crippen LogP contribution in [-0.4, -0.2) is 44.1 Å². The van der Waals surface area contributed by atoms with Crippen molar-refractivity contribution < 1.29 is 0 Å². The van der Waals surface area contributed by atoms with Crippen LogP contribution < -0.4 is 10.6 Å². The highest BCUT2D eigenvalue weighted by Crippen LogP contribution is 2.07. The van der Waals surface area contributed by atoms with Gasteiger partial charge in [0.25, 0.3) is 0 Å². The predicted molar refractivity (Wildman–Crippen MR) is 112 cm³/mol. The molecule has 4 nitrogen and oxygen atoms in total. The summed E-state index contributed by atoms with van der Waals surface area (Å²) in [4.78, 5) is 6.64. The van der Waals surface area contributed by atoms with Crippen LogP contribution in [0, 0.1) is 5.92 Å². The second-order valence-corrected chi connectivity index (χ2v) is 6.31. The fraction of sp³-hybridized carbons (Fsp3) is 0.611. The number of guanidine groups is 1. The minimum atomic E-state index is 0. The molecule has 0 spiro atoms. The average molecular weight is 432 g/mol. The highest BCUT2D eigenvalue weighted by molar-refractivity contribution is 14.0. The second-order valence-electron chi connectivity index (χ2n) is 6.31. The molecule has 0 amide bonds. The maximum atomic E-state index is 4.25. The zero-order valence-corrected chi connectivity index (χ0v) is 17.5. The summed E-state index contributed by atoms with van der Waals surface area (Å²) in [5.41, 5.74) is 1.36. The van der Waals surface area contributed by atoms with Gasteiger partial charge in [-0.2, -0.15) is 0 Å². The number of aliphatic imine (C=N–C) groups is 1. The van der Waals surface area contributed by atoms with Crippen molar-refractivity contribution in [1.29, 1.82) is 0 Å². The molecule has 2 N–H and O–H groups in total. The molecule has 0 radical (unpaired) electrons. The highest BCUT2D eigenvalue weighted by atomic mass is 127. The van der Waals surface area contributed by atoms with Crippen molar-refractivity contribution in [2.75, 3.05) is 27.2 Å². The maximum absolute atomic E-state index is 4.25. The summed E-state index contributed by atoms with van der Waals surface area (Å²) < 4.78 is 0. The lowest BCUT2D eigenvalue weighted by Gasteiger charge is -2.25. The van der Waals surface area contributed by atoms with Crippen molar-refractivity contribution in [2.45, 2.75) is 39.8 Å². The molecule has 1 aromatic rings. The van der Waals surface area contributed by atoms with Gasteiger partial charge in [-0.05, 0) is 31.9 Å². The fourth-order valence-corrected chi connectivity index (χ4v) is 2.17. The molecule has 0 saturated heterocycles. The molecule has 132 valence electrons. The highest BCUT2D eigenvalue weighted by Gasteiger charge is 2.09. The molecule has 0 aromatic heterocycles. The summed E-state index contributed by atoms with van der Waals surface area (Å²) in [5.74, 6) is 1.51. The van der Waals surface area contributed by atoms with Crippen LogP contribution in [0.5, 0.6) is 0 Å². The van der Waals surface area contributed by atoms with E-state index in [2.05, 4.69) is 78.7 Å². The smallest absolute Gasteiger partial charge is 0.190 e. The number of benzene rings is 1. The lowest BCUT2D eigenvalue weighted by Crippen LogP contribution is -2.41. The van der Waals surface area contributed by atoms with E-state index in [0.29, 0.717) is 12.0 Å². The molecular formula is C18H33IN4. The van der Waals surface area contributed by atoms with Crippen LogP contribution in [0.2, 0.25) is 0 Å². The van der Waals surface area contributed by atoms with Crippen LogP contribution in [0.25, 0.3) is 0 Å². The Morgan fingerprint density at radius 2 is 1.78 bits per heavy atom. The van der Waals surface area contributed by atoms with Gasteiger partial charge in [0.2, 0.25) is 0 Å². The van der Waals surface area contributed by atoms with Crippen molar-refractivity contribution >= 4 is 29.9 Å². The van der Waals surface area contributed by atoms with Crippen molar-refractivity contribution in [3.05, 3.63) is 35.9 Å². The molecule has 1 rings (SSSR count).